The lowest BCUT2D eigenvalue weighted by Gasteiger charge is -2.26. The number of benzene rings is 1. The Kier molecular flexibility index (Phi) is 4.91. The Morgan fingerprint density at radius 3 is 2.36 bits per heavy atom. The number of aliphatic carboxylic acids is 1. The summed E-state index contributed by atoms with van der Waals surface area (Å²) in [5.41, 5.74) is 1.43. The van der Waals surface area contributed by atoms with Gasteiger partial charge in [0.15, 0.2) is 5.89 Å². The lowest BCUT2D eigenvalue weighted by atomic mass is 9.87. The zero-order valence-electron chi connectivity index (χ0n) is 13.8. The van der Waals surface area contributed by atoms with E-state index in [1.54, 1.807) is 19.1 Å². The maximum absolute atomic E-state index is 12.5. The molecular weight excluding hydrogens is 344 g/mol. The van der Waals surface area contributed by atoms with Crippen LogP contribution in [0.25, 0.3) is 11.3 Å². The Bertz CT molecular complexity index is 849. The minimum atomic E-state index is -3.63. The number of aryl methyl sites for hydroxylation is 1. The van der Waals surface area contributed by atoms with Gasteiger partial charge in [-0.3, -0.25) is 4.79 Å². The molecule has 0 amide bonds. The van der Waals surface area contributed by atoms with E-state index in [0.717, 1.165) is 5.56 Å². The fraction of sp³-hybridized carbons (Fsp3) is 0.412. The molecule has 1 aliphatic rings. The third-order valence-electron chi connectivity index (χ3n) is 4.48. The lowest BCUT2D eigenvalue weighted by Crippen LogP contribution is -2.38. The number of carbonyl (C=O) groups is 1. The van der Waals surface area contributed by atoms with E-state index in [0.29, 0.717) is 37.3 Å². The summed E-state index contributed by atoms with van der Waals surface area (Å²) in [7, 11) is -3.63. The molecule has 134 valence electrons. The van der Waals surface area contributed by atoms with Crippen molar-refractivity contribution in [2.45, 2.75) is 43.5 Å². The third-order valence-corrected chi connectivity index (χ3v) is 6.01. The average Bonchev–Trinajstić information content (AvgIpc) is 3.01. The first kappa shape index (κ1) is 17.6. The van der Waals surface area contributed by atoms with Crippen LogP contribution in [0, 0.1) is 12.8 Å². The van der Waals surface area contributed by atoms with Crippen molar-refractivity contribution < 1.29 is 22.7 Å². The van der Waals surface area contributed by atoms with Gasteiger partial charge in [0.1, 0.15) is 12.0 Å². The molecule has 0 atom stereocenters. The van der Waals surface area contributed by atoms with Crippen molar-refractivity contribution >= 4 is 16.0 Å². The van der Waals surface area contributed by atoms with Gasteiger partial charge in [0, 0.05) is 18.5 Å². The largest absolute Gasteiger partial charge is 0.481 e. The van der Waals surface area contributed by atoms with Gasteiger partial charge in [-0.15, -0.1) is 0 Å². The normalized spacial score (nSPS) is 21.2. The number of rotatable bonds is 5. The SMILES string of the molecule is Cc1nc(-c2ccc(S(=O)(=O)NC3CCC(C(=O)O)CC3)cc2)co1. The summed E-state index contributed by atoms with van der Waals surface area (Å²) in [6, 6.07) is 6.22. The Labute approximate surface area is 146 Å². The molecule has 2 N–H and O–H groups in total. The monoisotopic (exact) mass is 364 g/mol. The fourth-order valence-electron chi connectivity index (χ4n) is 3.05. The quantitative estimate of drug-likeness (QED) is 0.844. The van der Waals surface area contributed by atoms with Crippen LogP contribution in [0.15, 0.2) is 39.8 Å². The van der Waals surface area contributed by atoms with Crippen molar-refractivity contribution in [3.05, 3.63) is 36.4 Å². The number of carboxylic acids is 1. The maximum Gasteiger partial charge on any atom is 0.306 e. The molecule has 0 spiro atoms. The van der Waals surface area contributed by atoms with Crippen molar-refractivity contribution in [2.75, 3.05) is 0 Å². The molecule has 0 bridgehead atoms. The summed E-state index contributed by atoms with van der Waals surface area (Å²) in [6.07, 6.45) is 3.58. The molecule has 1 heterocycles. The third kappa shape index (κ3) is 4.08. The van der Waals surface area contributed by atoms with E-state index in [9.17, 15) is 13.2 Å². The van der Waals surface area contributed by atoms with E-state index in [-0.39, 0.29) is 16.9 Å². The minimum Gasteiger partial charge on any atom is -0.481 e. The Balaban J connectivity index is 1.67. The molecule has 3 rings (SSSR count). The summed E-state index contributed by atoms with van der Waals surface area (Å²) in [6.45, 7) is 1.74. The van der Waals surface area contributed by atoms with Gasteiger partial charge in [-0.25, -0.2) is 18.1 Å². The predicted molar refractivity (Wildman–Crippen MR) is 90.4 cm³/mol. The first-order valence-electron chi connectivity index (χ1n) is 8.13. The zero-order valence-corrected chi connectivity index (χ0v) is 14.6. The summed E-state index contributed by atoms with van der Waals surface area (Å²) in [5, 5.41) is 9.01. The lowest BCUT2D eigenvalue weighted by molar-refractivity contribution is -0.142. The summed E-state index contributed by atoms with van der Waals surface area (Å²) in [5.74, 6) is -0.628. The number of carboxylic acid groups (broad SMARTS) is 1. The van der Waals surface area contributed by atoms with Gasteiger partial charge in [0.05, 0.1) is 10.8 Å². The van der Waals surface area contributed by atoms with Crippen LogP contribution in [0.5, 0.6) is 0 Å². The molecule has 1 aromatic heterocycles. The number of sulfonamides is 1. The molecule has 2 aromatic rings. The standard InChI is InChI=1S/C17H20N2O5S/c1-11-18-16(10-24-11)12-4-8-15(9-5-12)25(22,23)19-14-6-2-13(3-7-14)17(20)21/h4-5,8-10,13-14,19H,2-3,6-7H2,1H3,(H,20,21). The Morgan fingerprint density at radius 2 is 1.84 bits per heavy atom. The van der Waals surface area contributed by atoms with Crippen LogP contribution >= 0.6 is 0 Å². The van der Waals surface area contributed by atoms with Crippen molar-refractivity contribution in [2.24, 2.45) is 5.92 Å². The summed E-state index contributed by atoms with van der Waals surface area (Å²) < 4.78 is 32.9. The fourth-order valence-corrected chi connectivity index (χ4v) is 4.35. The number of oxazole rings is 1. The predicted octanol–water partition coefficient (Wildman–Crippen LogP) is 2.57. The highest BCUT2D eigenvalue weighted by molar-refractivity contribution is 7.89. The molecule has 0 aliphatic heterocycles. The second kappa shape index (κ2) is 6.97. The van der Waals surface area contributed by atoms with E-state index in [4.69, 9.17) is 9.52 Å². The van der Waals surface area contributed by atoms with Crippen molar-refractivity contribution in [3.63, 3.8) is 0 Å². The number of hydrogen-bond donors (Lipinski definition) is 2. The molecule has 0 radical (unpaired) electrons. The van der Waals surface area contributed by atoms with Gasteiger partial charge in [-0.1, -0.05) is 12.1 Å². The van der Waals surface area contributed by atoms with Gasteiger partial charge in [-0.05, 0) is 37.8 Å². The number of aromatic nitrogens is 1. The highest BCUT2D eigenvalue weighted by Gasteiger charge is 2.28. The molecule has 1 saturated carbocycles. The first-order chi connectivity index (χ1) is 11.8. The molecule has 0 unspecified atom stereocenters. The average molecular weight is 364 g/mol. The second-order valence-electron chi connectivity index (χ2n) is 6.28. The molecule has 25 heavy (non-hydrogen) atoms. The van der Waals surface area contributed by atoms with Crippen molar-refractivity contribution in [1.29, 1.82) is 0 Å². The van der Waals surface area contributed by atoms with E-state index < -0.39 is 16.0 Å². The summed E-state index contributed by atoms with van der Waals surface area (Å²) >= 11 is 0. The molecule has 7 nitrogen and oxygen atoms in total. The molecule has 0 saturated heterocycles. The highest BCUT2D eigenvalue weighted by Crippen LogP contribution is 2.26. The van der Waals surface area contributed by atoms with E-state index in [1.165, 1.54) is 18.4 Å². The van der Waals surface area contributed by atoms with Crippen LogP contribution in [-0.4, -0.2) is 30.5 Å². The van der Waals surface area contributed by atoms with Crippen LogP contribution in [0.2, 0.25) is 0 Å². The van der Waals surface area contributed by atoms with Gasteiger partial charge in [-0.2, -0.15) is 0 Å². The van der Waals surface area contributed by atoms with Crippen molar-refractivity contribution in [1.82, 2.24) is 9.71 Å². The smallest absolute Gasteiger partial charge is 0.306 e. The van der Waals surface area contributed by atoms with E-state index >= 15 is 0 Å². The molecule has 8 heteroatoms. The highest BCUT2D eigenvalue weighted by atomic mass is 32.2. The minimum absolute atomic E-state index is 0.178. The van der Waals surface area contributed by atoms with Crippen LogP contribution < -0.4 is 4.72 Å². The van der Waals surface area contributed by atoms with Crippen molar-refractivity contribution in [3.8, 4) is 11.3 Å². The Hall–Kier alpha value is -2.19. The van der Waals surface area contributed by atoms with Gasteiger partial charge >= 0.3 is 5.97 Å². The van der Waals surface area contributed by atoms with Gasteiger partial charge < -0.3 is 9.52 Å². The summed E-state index contributed by atoms with van der Waals surface area (Å²) in [4.78, 5) is 15.4. The van der Waals surface area contributed by atoms with Gasteiger partial charge in [0.25, 0.3) is 0 Å². The van der Waals surface area contributed by atoms with Gasteiger partial charge in [0.2, 0.25) is 10.0 Å². The van der Waals surface area contributed by atoms with Crippen LogP contribution in [-0.2, 0) is 14.8 Å². The van der Waals surface area contributed by atoms with Crippen LogP contribution in [0.4, 0.5) is 0 Å². The van der Waals surface area contributed by atoms with E-state index in [1.807, 2.05) is 0 Å². The first-order valence-corrected chi connectivity index (χ1v) is 9.61. The maximum atomic E-state index is 12.5. The molecular formula is C17H20N2O5S. The molecule has 1 aromatic carbocycles. The zero-order chi connectivity index (χ0) is 18.0. The van der Waals surface area contributed by atoms with E-state index in [2.05, 4.69) is 9.71 Å². The number of nitrogens with one attached hydrogen (secondary N) is 1. The second-order valence-corrected chi connectivity index (χ2v) is 8.00. The number of nitrogens with zero attached hydrogens (tertiary/aromatic N) is 1. The Morgan fingerprint density at radius 1 is 1.20 bits per heavy atom. The topological polar surface area (TPSA) is 110 Å². The molecule has 1 aliphatic carbocycles. The molecule has 1 fully saturated rings. The number of hydrogen-bond acceptors (Lipinski definition) is 5. The van der Waals surface area contributed by atoms with Crippen LogP contribution in [0.3, 0.4) is 0 Å². The van der Waals surface area contributed by atoms with Crippen LogP contribution in [0.1, 0.15) is 31.6 Å².